The molecule has 0 aromatic rings. The van der Waals surface area contributed by atoms with Gasteiger partial charge in [0.25, 0.3) is 0 Å². The molecule has 0 fully saturated rings. The molecular weight excluding hydrogens is 132 g/mol. The number of hydrogen-bond acceptors (Lipinski definition) is 0. The second kappa shape index (κ2) is 3.52. The molecule has 1 rings (SSSR count). The first-order valence-corrected chi connectivity index (χ1v) is 3.50. The van der Waals surface area contributed by atoms with Crippen LogP contribution in [0.5, 0.6) is 0 Å². The minimum Gasteiger partial charge on any atom is -0.0929 e. The van der Waals surface area contributed by atoms with Crippen LogP contribution in [0.25, 0.3) is 0 Å². The zero-order valence-corrected chi connectivity index (χ0v) is 5.93. The van der Waals surface area contributed by atoms with Crippen molar-refractivity contribution in [2.75, 3.05) is 0 Å². The second-order valence-corrected chi connectivity index (χ2v) is 2.23. The molecule has 0 heterocycles. The zero-order valence-electron chi connectivity index (χ0n) is 5.18. The summed E-state index contributed by atoms with van der Waals surface area (Å²) in [6.07, 6.45) is 10.6. The van der Waals surface area contributed by atoms with Gasteiger partial charge in [-0.15, -0.1) is 0 Å². The molecular formula is C8H9Cl. The summed E-state index contributed by atoms with van der Waals surface area (Å²) in [6, 6.07) is 0. The van der Waals surface area contributed by atoms with Gasteiger partial charge in [-0.3, -0.25) is 0 Å². The lowest BCUT2D eigenvalue weighted by Crippen LogP contribution is -1.78. The maximum absolute atomic E-state index is 5.38. The van der Waals surface area contributed by atoms with E-state index in [9.17, 15) is 0 Å². The molecule has 9 heavy (non-hydrogen) atoms. The van der Waals surface area contributed by atoms with E-state index in [1.807, 2.05) is 6.08 Å². The van der Waals surface area contributed by atoms with E-state index in [1.165, 1.54) is 12.0 Å². The molecule has 0 spiro atoms. The van der Waals surface area contributed by atoms with Crippen molar-refractivity contribution >= 4 is 11.6 Å². The molecule has 0 aromatic heterocycles. The van der Waals surface area contributed by atoms with E-state index in [1.54, 1.807) is 5.54 Å². The monoisotopic (exact) mass is 140 g/mol. The third kappa shape index (κ3) is 2.06. The Morgan fingerprint density at radius 1 is 1.44 bits per heavy atom. The average molecular weight is 141 g/mol. The topological polar surface area (TPSA) is 0 Å². The Balaban J connectivity index is 2.58. The first kappa shape index (κ1) is 6.63. The van der Waals surface area contributed by atoms with E-state index in [4.69, 9.17) is 11.6 Å². The number of rotatable bonds is 1. The van der Waals surface area contributed by atoms with E-state index < -0.39 is 0 Å². The molecule has 0 aliphatic heterocycles. The van der Waals surface area contributed by atoms with Crippen LogP contribution in [0.1, 0.15) is 12.8 Å². The summed E-state index contributed by atoms with van der Waals surface area (Å²) in [6.45, 7) is 0. The maximum Gasteiger partial charge on any atom is 0.00483 e. The molecule has 0 nitrogen and oxygen atoms in total. The molecule has 1 aliphatic rings. The predicted molar refractivity (Wildman–Crippen MR) is 41.5 cm³/mol. The highest BCUT2D eigenvalue weighted by atomic mass is 35.5. The quantitative estimate of drug-likeness (QED) is 0.525. The standard InChI is InChI=1S/C8H9Cl/c9-7-6-8-4-2-1-3-5-8/h2,4-7H,1,3H2/b7-6+. The van der Waals surface area contributed by atoms with Crippen molar-refractivity contribution in [2.24, 2.45) is 0 Å². The molecule has 0 atom stereocenters. The third-order valence-corrected chi connectivity index (χ3v) is 1.41. The number of halogens is 1. The van der Waals surface area contributed by atoms with Gasteiger partial charge in [0.15, 0.2) is 0 Å². The van der Waals surface area contributed by atoms with Crippen LogP contribution in [-0.2, 0) is 0 Å². The summed E-state index contributed by atoms with van der Waals surface area (Å²) in [5, 5.41) is 0. The highest BCUT2D eigenvalue weighted by Gasteiger charge is 1.89. The van der Waals surface area contributed by atoms with Gasteiger partial charge in [-0.1, -0.05) is 29.8 Å². The van der Waals surface area contributed by atoms with Crippen molar-refractivity contribution < 1.29 is 0 Å². The van der Waals surface area contributed by atoms with Gasteiger partial charge >= 0.3 is 0 Å². The summed E-state index contributed by atoms with van der Waals surface area (Å²) in [4.78, 5) is 0. The maximum atomic E-state index is 5.38. The molecule has 0 saturated carbocycles. The van der Waals surface area contributed by atoms with Crippen LogP contribution in [0.4, 0.5) is 0 Å². The highest BCUT2D eigenvalue weighted by molar-refractivity contribution is 6.25. The largest absolute Gasteiger partial charge is 0.0929 e. The fourth-order valence-electron chi connectivity index (χ4n) is 0.830. The Kier molecular flexibility index (Phi) is 2.59. The zero-order chi connectivity index (χ0) is 6.53. The van der Waals surface area contributed by atoms with Gasteiger partial charge in [0, 0.05) is 5.54 Å². The van der Waals surface area contributed by atoms with Crippen molar-refractivity contribution in [3.8, 4) is 0 Å². The van der Waals surface area contributed by atoms with Crippen LogP contribution in [0.3, 0.4) is 0 Å². The van der Waals surface area contributed by atoms with Crippen molar-refractivity contribution in [1.82, 2.24) is 0 Å². The lowest BCUT2D eigenvalue weighted by molar-refractivity contribution is 1.03. The molecule has 0 saturated heterocycles. The van der Waals surface area contributed by atoms with Crippen LogP contribution in [-0.4, -0.2) is 0 Å². The lowest BCUT2D eigenvalue weighted by Gasteiger charge is -1.98. The van der Waals surface area contributed by atoms with Gasteiger partial charge in [-0.05, 0) is 24.5 Å². The molecule has 0 aromatic carbocycles. The van der Waals surface area contributed by atoms with Gasteiger partial charge in [0.1, 0.15) is 0 Å². The Bertz CT molecular complexity index is 159. The van der Waals surface area contributed by atoms with E-state index in [0.717, 1.165) is 6.42 Å². The van der Waals surface area contributed by atoms with Gasteiger partial charge in [-0.2, -0.15) is 0 Å². The Morgan fingerprint density at radius 2 is 2.33 bits per heavy atom. The molecule has 0 N–H and O–H groups in total. The van der Waals surface area contributed by atoms with Gasteiger partial charge in [-0.25, -0.2) is 0 Å². The van der Waals surface area contributed by atoms with Crippen LogP contribution in [0, 0.1) is 0 Å². The Hall–Kier alpha value is -0.490. The fraction of sp³-hybridized carbons (Fsp3) is 0.250. The summed E-state index contributed by atoms with van der Waals surface area (Å²) < 4.78 is 0. The normalized spacial score (nSPS) is 18.6. The van der Waals surface area contributed by atoms with Crippen LogP contribution in [0.2, 0.25) is 0 Å². The molecule has 0 unspecified atom stereocenters. The summed E-state index contributed by atoms with van der Waals surface area (Å²) >= 11 is 5.38. The summed E-state index contributed by atoms with van der Waals surface area (Å²) in [5.74, 6) is 0. The predicted octanol–water partition coefficient (Wildman–Crippen LogP) is 3.02. The van der Waals surface area contributed by atoms with Gasteiger partial charge in [0.2, 0.25) is 0 Å². The van der Waals surface area contributed by atoms with Crippen molar-refractivity contribution in [3.05, 3.63) is 35.4 Å². The second-order valence-electron chi connectivity index (χ2n) is 1.98. The number of allylic oxidation sites excluding steroid dienone is 5. The highest BCUT2D eigenvalue weighted by Crippen LogP contribution is 2.10. The van der Waals surface area contributed by atoms with E-state index in [2.05, 4.69) is 18.2 Å². The molecule has 1 aliphatic carbocycles. The smallest absolute Gasteiger partial charge is 0.00483 e. The van der Waals surface area contributed by atoms with Crippen LogP contribution >= 0.6 is 11.6 Å². The van der Waals surface area contributed by atoms with Crippen LogP contribution < -0.4 is 0 Å². The van der Waals surface area contributed by atoms with E-state index >= 15 is 0 Å². The average Bonchev–Trinajstić information content (AvgIpc) is 1.91. The minimum absolute atomic E-state index is 1.15. The molecule has 0 bridgehead atoms. The first-order valence-electron chi connectivity index (χ1n) is 3.07. The minimum atomic E-state index is 1.15. The lowest BCUT2D eigenvalue weighted by atomic mass is 10.1. The molecule has 48 valence electrons. The third-order valence-electron chi connectivity index (χ3n) is 1.28. The van der Waals surface area contributed by atoms with Crippen molar-refractivity contribution in [2.45, 2.75) is 12.8 Å². The van der Waals surface area contributed by atoms with E-state index in [0.29, 0.717) is 0 Å². The number of hydrogen-bond donors (Lipinski definition) is 0. The molecule has 1 heteroatoms. The van der Waals surface area contributed by atoms with Crippen molar-refractivity contribution in [1.29, 1.82) is 0 Å². The fourth-order valence-corrected chi connectivity index (χ4v) is 0.975. The SMILES string of the molecule is Cl/C=C/C1=CCCC=C1. The Labute approximate surface area is 60.5 Å². The first-order chi connectivity index (χ1) is 4.43. The van der Waals surface area contributed by atoms with Crippen LogP contribution in [0.15, 0.2) is 35.4 Å². The Morgan fingerprint density at radius 3 is 2.89 bits per heavy atom. The van der Waals surface area contributed by atoms with Gasteiger partial charge < -0.3 is 0 Å². The molecule has 0 amide bonds. The van der Waals surface area contributed by atoms with Gasteiger partial charge in [0.05, 0.1) is 0 Å². The van der Waals surface area contributed by atoms with Crippen molar-refractivity contribution in [3.63, 3.8) is 0 Å². The molecule has 0 radical (unpaired) electrons. The van der Waals surface area contributed by atoms with E-state index in [-0.39, 0.29) is 0 Å². The summed E-state index contributed by atoms with van der Waals surface area (Å²) in [7, 11) is 0. The summed E-state index contributed by atoms with van der Waals surface area (Å²) in [5.41, 5.74) is 2.76.